The van der Waals surface area contributed by atoms with Crippen molar-refractivity contribution in [3.05, 3.63) is 123 Å². The summed E-state index contributed by atoms with van der Waals surface area (Å²) in [5, 5.41) is 9.26. The van der Waals surface area contributed by atoms with Gasteiger partial charge in [-0.3, -0.25) is 14.6 Å². The SMILES string of the molecule is CNC(=O)[C@@H](Cc1ccc(Br)cc1)NC(=O)c1cccc2c1OCCC2NCc1cncn1Cc1ccc(-c2cncs2)cc1. The molecule has 1 aliphatic heterocycles. The van der Waals surface area contributed by atoms with Gasteiger partial charge in [-0.2, -0.15) is 0 Å². The number of thiazole rings is 1. The average molecular weight is 686 g/mol. The number of ether oxygens (including phenoxy) is 1. The van der Waals surface area contributed by atoms with Crippen LogP contribution in [0.15, 0.2) is 95.4 Å². The summed E-state index contributed by atoms with van der Waals surface area (Å²) < 4.78 is 9.15. The fourth-order valence-electron chi connectivity index (χ4n) is 5.49. The van der Waals surface area contributed by atoms with Crippen LogP contribution in [0.5, 0.6) is 5.75 Å². The second kappa shape index (κ2) is 14.2. The largest absolute Gasteiger partial charge is 0.492 e. The first kappa shape index (κ1) is 30.7. The van der Waals surface area contributed by atoms with Crippen LogP contribution >= 0.6 is 27.3 Å². The summed E-state index contributed by atoms with van der Waals surface area (Å²) in [4.78, 5) is 36.0. The fourth-order valence-corrected chi connectivity index (χ4v) is 6.38. The zero-order valence-corrected chi connectivity index (χ0v) is 27.1. The van der Waals surface area contributed by atoms with Crippen molar-refractivity contribution in [1.82, 2.24) is 30.5 Å². The molecule has 0 fully saturated rings. The predicted molar refractivity (Wildman–Crippen MR) is 178 cm³/mol. The van der Waals surface area contributed by atoms with E-state index in [9.17, 15) is 9.59 Å². The predicted octanol–water partition coefficient (Wildman–Crippen LogP) is 5.52. The third-order valence-electron chi connectivity index (χ3n) is 7.89. The highest BCUT2D eigenvalue weighted by atomic mass is 79.9. The zero-order valence-electron chi connectivity index (χ0n) is 24.7. The van der Waals surface area contributed by atoms with Gasteiger partial charge in [0.25, 0.3) is 5.91 Å². The molecule has 2 amide bonds. The van der Waals surface area contributed by atoms with Crippen molar-refractivity contribution in [2.24, 2.45) is 0 Å². The topological polar surface area (TPSA) is 110 Å². The minimum absolute atomic E-state index is 0.0129. The van der Waals surface area contributed by atoms with E-state index >= 15 is 0 Å². The molecule has 0 bridgehead atoms. The van der Waals surface area contributed by atoms with Gasteiger partial charge in [0.15, 0.2) is 0 Å². The highest BCUT2D eigenvalue weighted by Gasteiger charge is 2.28. The number of para-hydroxylation sites is 1. The maximum Gasteiger partial charge on any atom is 0.255 e. The second-order valence-electron chi connectivity index (χ2n) is 10.8. The van der Waals surface area contributed by atoms with Gasteiger partial charge in [0.1, 0.15) is 11.8 Å². The van der Waals surface area contributed by atoms with Gasteiger partial charge in [0.2, 0.25) is 5.91 Å². The van der Waals surface area contributed by atoms with Crippen LogP contribution in [0.25, 0.3) is 10.4 Å². The van der Waals surface area contributed by atoms with Gasteiger partial charge in [-0.05, 0) is 34.9 Å². The summed E-state index contributed by atoms with van der Waals surface area (Å²) in [6.45, 7) is 1.78. The molecule has 11 heteroatoms. The Hall–Kier alpha value is -4.32. The maximum absolute atomic E-state index is 13.5. The van der Waals surface area contributed by atoms with Crippen LogP contribution in [-0.4, -0.2) is 46.0 Å². The van der Waals surface area contributed by atoms with E-state index in [1.165, 1.54) is 5.56 Å². The lowest BCUT2D eigenvalue weighted by molar-refractivity contribution is -0.122. The number of rotatable bonds is 11. The number of carbonyl (C=O) groups is 2. The van der Waals surface area contributed by atoms with Gasteiger partial charge in [-0.25, -0.2) is 4.98 Å². The van der Waals surface area contributed by atoms with E-state index in [0.717, 1.165) is 38.2 Å². The van der Waals surface area contributed by atoms with Crippen molar-refractivity contribution in [1.29, 1.82) is 0 Å². The van der Waals surface area contributed by atoms with Crippen molar-refractivity contribution in [3.63, 3.8) is 0 Å². The average Bonchev–Trinajstić information content (AvgIpc) is 3.77. The molecule has 230 valence electrons. The molecule has 6 rings (SSSR count). The lowest BCUT2D eigenvalue weighted by Gasteiger charge is -2.28. The molecule has 2 atom stereocenters. The summed E-state index contributed by atoms with van der Waals surface area (Å²) in [6.07, 6.45) is 6.74. The Labute approximate surface area is 274 Å². The van der Waals surface area contributed by atoms with Gasteiger partial charge in [0, 0.05) is 61.5 Å². The number of amides is 2. The van der Waals surface area contributed by atoms with Crippen molar-refractivity contribution in [3.8, 4) is 16.2 Å². The molecule has 0 spiro atoms. The summed E-state index contributed by atoms with van der Waals surface area (Å²) in [6, 6.07) is 21.1. The van der Waals surface area contributed by atoms with E-state index in [2.05, 4.69) is 70.7 Å². The normalized spacial score (nSPS) is 14.7. The molecular formula is C34H33BrN6O3S. The van der Waals surface area contributed by atoms with Crippen molar-refractivity contribution < 1.29 is 14.3 Å². The zero-order chi connectivity index (χ0) is 31.2. The molecule has 3 heterocycles. The minimum Gasteiger partial charge on any atom is -0.492 e. The fraction of sp³-hybridized carbons (Fsp3) is 0.235. The first-order valence-corrected chi connectivity index (χ1v) is 16.4. The highest BCUT2D eigenvalue weighted by Crippen LogP contribution is 2.35. The molecule has 9 nitrogen and oxygen atoms in total. The minimum atomic E-state index is -0.735. The first-order chi connectivity index (χ1) is 22.0. The van der Waals surface area contributed by atoms with Crippen LogP contribution in [0.2, 0.25) is 0 Å². The number of hydrogen-bond acceptors (Lipinski definition) is 7. The number of fused-ring (bicyclic) bond motifs is 1. The summed E-state index contributed by atoms with van der Waals surface area (Å²) in [5.41, 5.74) is 7.52. The molecule has 3 N–H and O–H groups in total. The monoisotopic (exact) mass is 684 g/mol. The lowest BCUT2D eigenvalue weighted by Crippen LogP contribution is -2.47. The summed E-state index contributed by atoms with van der Waals surface area (Å²) in [7, 11) is 1.57. The van der Waals surface area contributed by atoms with Crippen molar-refractivity contribution in [2.75, 3.05) is 13.7 Å². The Morgan fingerprint density at radius 2 is 1.84 bits per heavy atom. The van der Waals surface area contributed by atoms with E-state index in [-0.39, 0.29) is 17.9 Å². The molecule has 0 saturated carbocycles. The number of hydrogen-bond donors (Lipinski definition) is 3. The van der Waals surface area contributed by atoms with Crippen molar-refractivity contribution >= 4 is 39.1 Å². The number of nitrogens with one attached hydrogen (secondary N) is 3. The molecule has 3 aromatic carbocycles. The molecular weight excluding hydrogens is 652 g/mol. The molecule has 2 aromatic heterocycles. The third-order valence-corrected chi connectivity index (χ3v) is 9.24. The van der Waals surface area contributed by atoms with E-state index in [4.69, 9.17) is 4.74 Å². The number of aromatic nitrogens is 3. The third kappa shape index (κ3) is 7.33. The van der Waals surface area contributed by atoms with Gasteiger partial charge < -0.3 is 25.3 Å². The maximum atomic E-state index is 13.5. The number of likely N-dealkylation sites (N-methyl/N-ethyl adjacent to an activating group) is 1. The van der Waals surface area contributed by atoms with E-state index in [0.29, 0.717) is 37.4 Å². The molecule has 0 radical (unpaired) electrons. The number of carbonyl (C=O) groups excluding carboxylic acids is 2. The molecule has 0 saturated heterocycles. The molecule has 45 heavy (non-hydrogen) atoms. The standard InChI is InChI=1S/C34H33BrN6O3S/c1-36-34(43)30(15-22-7-11-25(35)12-8-22)40-33(42)28-4-2-3-27-29(13-14-44-32(27)28)39-17-26-16-37-20-41(26)19-23-5-9-24(10-6-23)31-18-38-21-45-31/h2-12,16,18,20-21,29-30,39H,13-15,17,19H2,1H3,(H,36,43)(H,40,42)/t29?,30-/m1/s1. The van der Waals surface area contributed by atoms with Crippen LogP contribution in [-0.2, 0) is 24.3 Å². The lowest BCUT2D eigenvalue weighted by atomic mass is 9.96. The number of benzene rings is 3. The van der Waals surface area contributed by atoms with Crippen LogP contribution < -0.4 is 20.7 Å². The van der Waals surface area contributed by atoms with Crippen LogP contribution in [0.1, 0.15) is 45.2 Å². The van der Waals surface area contributed by atoms with Crippen LogP contribution in [0, 0.1) is 0 Å². The van der Waals surface area contributed by atoms with E-state index < -0.39 is 6.04 Å². The molecule has 1 unspecified atom stereocenters. The Kier molecular flexibility index (Phi) is 9.68. The van der Waals surface area contributed by atoms with Crippen LogP contribution in [0.4, 0.5) is 0 Å². The summed E-state index contributed by atoms with van der Waals surface area (Å²) >= 11 is 5.07. The molecule has 5 aromatic rings. The highest BCUT2D eigenvalue weighted by molar-refractivity contribution is 9.10. The number of halogens is 1. The van der Waals surface area contributed by atoms with Gasteiger partial charge >= 0.3 is 0 Å². The molecule has 1 aliphatic rings. The number of imidazole rings is 1. The van der Waals surface area contributed by atoms with E-state index in [1.54, 1.807) is 24.5 Å². The van der Waals surface area contributed by atoms with Gasteiger partial charge in [-0.1, -0.05) is 64.5 Å². The van der Waals surface area contributed by atoms with Crippen LogP contribution in [0.3, 0.4) is 0 Å². The smallest absolute Gasteiger partial charge is 0.255 e. The Morgan fingerprint density at radius 1 is 1.04 bits per heavy atom. The summed E-state index contributed by atoms with van der Waals surface area (Å²) in [5.74, 6) is -0.0610. The Balaban J connectivity index is 1.12. The Bertz CT molecular complexity index is 1760. The molecule has 0 aliphatic carbocycles. The van der Waals surface area contributed by atoms with E-state index in [1.807, 2.05) is 60.6 Å². The number of nitrogens with zero attached hydrogens (tertiary/aromatic N) is 3. The van der Waals surface area contributed by atoms with Gasteiger partial charge in [0.05, 0.1) is 34.6 Å². The first-order valence-electron chi connectivity index (χ1n) is 14.7. The Morgan fingerprint density at radius 3 is 2.60 bits per heavy atom. The quantitative estimate of drug-likeness (QED) is 0.169. The van der Waals surface area contributed by atoms with Crippen molar-refractivity contribution in [2.45, 2.75) is 38.0 Å². The van der Waals surface area contributed by atoms with Gasteiger partial charge in [-0.15, -0.1) is 11.3 Å². The second-order valence-corrected chi connectivity index (χ2v) is 12.6.